The summed E-state index contributed by atoms with van der Waals surface area (Å²) in [6.45, 7) is 1.08. The van der Waals surface area contributed by atoms with Crippen molar-refractivity contribution in [3.63, 3.8) is 0 Å². The number of anilines is 1. The second kappa shape index (κ2) is 5.59. The molecule has 1 aliphatic rings. The topological polar surface area (TPSA) is 38.0 Å². The molecule has 1 aromatic rings. The number of nitrogens with two attached hydrogens (primary N) is 1. The molecule has 1 atom stereocenters. The second-order valence-electron chi connectivity index (χ2n) is 3.78. The van der Waals surface area contributed by atoms with Crippen molar-refractivity contribution in [1.82, 2.24) is 5.32 Å². The summed E-state index contributed by atoms with van der Waals surface area (Å²) < 4.78 is 0. The summed E-state index contributed by atoms with van der Waals surface area (Å²) in [6.07, 6.45) is 3.69. The molecule has 2 rings (SSSR count). The standard InChI is InChI=1S/C11H15ClN2.ClH/c12-8-4-5-10(13)9(7-8)11-3-1-2-6-14-11;/h4-5,7,11,14H,1-3,6,13H2;1H/t11-;/m0./s1. The van der Waals surface area contributed by atoms with Crippen LogP contribution in [0.3, 0.4) is 0 Å². The van der Waals surface area contributed by atoms with E-state index in [1.165, 1.54) is 12.8 Å². The molecule has 0 spiro atoms. The van der Waals surface area contributed by atoms with Crippen molar-refractivity contribution in [3.8, 4) is 0 Å². The van der Waals surface area contributed by atoms with Crippen LogP contribution in [0.25, 0.3) is 0 Å². The quantitative estimate of drug-likeness (QED) is 0.748. The van der Waals surface area contributed by atoms with E-state index in [9.17, 15) is 0 Å². The molecule has 0 aromatic heterocycles. The molecule has 0 unspecified atom stereocenters. The van der Waals surface area contributed by atoms with Crippen LogP contribution >= 0.6 is 24.0 Å². The highest BCUT2D eigenvalue weighted by atomic mass is 35.5. The molecule has 84 valence electrons. The molecule has 1 fully saturated rings. The fourth-order valence-corrected chi connectivity index (χ4v) is 2.15. The lowest BCUT2D eigenvalue weighted by atomic mass is 9.96. The highest BCUT2D eigenvalue weighted by Gasteiger charge is 2.16. The summed E-state index contributed by atoms with van der Waals surface area (Å²) in [5.74, 6) is 0. The van der Waals surface area contributed by atoms with Gasteiger partial charge >= 0.3 is 0 Å². The van der Waals surface area contributed by atoms with Gasteiger partial charge in [-0.05, 0) is 43.1 Å². The van der Waals surface area contributed by atoms with Gasteiger partial charge in [0.05, 0.1) is 0 Å². The summed E-state index contributed by atoms with van der Waals surface area (Å²) in [5.41, 5.74) is 7.91. The maximum Gasteiger partial charge on any atom is 0.0410 e. The molecular weight excluding hydrogens is 231 g/mol. The van der Waals surface area contributed by atoms with Gasteiger partial charge in [-0.3, -0.25) is 0 Å². The fraction of sp³-hybridized carbons (Fsp3) is 0.455. The monoisotopic (exact) mass is 246 g/mol. The molecule has 4 heteroatoms. The van der Waals surface area contributed by atoms with Crippen LogP contribution in [0.5, 0.6) is 0 Å². The Balaban J connectivity index is 0.00000112. The van der Waals surface area contributed by atoms with Crippen LogP contribution in [0.1, 0.15) is 30.9 Å². The summed E-state index contributed by atoms with van der Waals surface area (Å²) in [7, 11) is 0. The lowest BCUT2D eigenvalue weighted by molar-refractivity contribution is 0.413. The van der Waals surface area contributed by atoms with Gasteiger partial charge in [-0.15, -0.1) is 12.4 Å². The van der Waals surface area contributed by atoms with Gasteiger partial charge in [0.15, 0.2) is 0 Å². The average molecular weight is 247 g/mol. The van der Waals surface area contributed by atoms with Gasteiger partial charge in [-0.25, -0.2) is 0 Å². The van der Waals surface area contributed by atoms with Crippen LogP contribution in [0, 0.1) is 0 Å². The minimum absolute atomic E-state index is 0. The van der Waals surface area contributed by atoms with Crippen molar-refractivity contribution in [2.45, 2.75) is 25.3 Å². The number of nitrogen functional groups attached to an aromatic ring is 1. The Morgan fingerprint density at radius 3 is 2.80 bits per heavy atom. The van der Waals surface area contributed by atoms with E-state index in [0.29, 0.717) is 6.04 Å². The zero-order valence-electron chi connectivity index (χ0n) is 8.50. The summed E-state index contributed by atoms with van der Waals surface area (Å²) in [6, 6.07) is 6.08. The van der Waals surface area contributed by atoms with Gasteiger partial charge in [-0.2, -0.15) is 0 Å². The SMILES string of the molecule is Cl.Nc1ccc(Cl)cc1[C@@H]1CCCCN1. The minimum Gasteiger partial charge on any atom is -0.398 e. The van der Waals surface area contributed by atoms with E-state index in [4.69, 9.17) is 17.3 Å². The van der Waals surface area contributed by atoms with Gasteiger partial charge in [0.25, 0.3) is 0 Å². The van der Waals surface area contributed by atoms with E-state index in [1.807, 2.05) is 18.2 Å². The predicted molar refractivity (Wildman–Crippen MR) is 67.7 cm³/mol. The molecule has 1 saturated heterocycles. The molecule has 1 heterocycles. The molecule has 0 aliphatic carbocycles. The Morgan fingerprint density at radius 1 is 1.33 bits per heavy atom. The molecule has 0 amide bonds. The van der Waals surface area contributed by atoms with E-state index < -0.39 is 0 Å². The number of benzene rings is 1. The van der Waals surface area contributed by atoms with Crippen LogP contribution in [0.15, 0.2) is 18.2 Å². The van der Waals surface area contributed by atoms with Gasteiger partial charge < -0.3 is 11.1 Å². The molecule has 0 radical (unpaired) electrons. The van der Waals surface area contributed by atoms with Gasteiger partial charge in [0.1, 0.15) is 0 Å². The van der Waals surface area contributed by atoms with Gasteiger partial charge in [0.2, 0.25) is 0 Å². The van der Waals surface area contributed by atoms with E-state index in [2.05, 4.69) is 5.32 Å². The number of rotatable bonds is 1. The molecule has 15 heavy (non-hydrogen) atoms. The van der Waals surface area contributed by atoms with E-state index in [0.717, 1.165) is 29.2 Å². The normalized spacial score (nSPS) is 20.7. The summed E-state index contributed by atoms with van der Waals surface area (Å²) in [4.78, 5) is 0. The van der Waals surface area contributed by atoms with Gasteiger partial charge in [-0.1, -0.05) is 18.0 Å². The lowest BCUT2D eigenvalue weighted by Gasteiger charge is -2.25. The largest absolute Gasteiger partial charge is 0.398 e. The first-order chi connectivity index (χ1) is 6.77. The van der Waals surface area contributed by atoms with E-state index in [1.54, 1.807) is 0 Å². The Morgan fingerprint density at radius 2 is 2.13 bits per heavy atom. The molecule has 0 saturated carbocycles. The zero-order valence-corrected chi connectivity index (χ0v) is 10.1. The van der Waals surface area contributed by atoms with Crippen molar-refractivity contribution in [2.75, 3.05) is 12.3 Å². The second-order valence-corrected chi connectivity index (χ2v) is 4.21. The smallest absolute Gasteiger partial charge is 0.0410 e. The Hall–Kier alpha value is -0.440. The van der Waals surface area contributed by atoms with Crippen LogP contribution in [-0.2, 0) is 0 Å². The number of nitrogens with one attached hydrogen (secondary N) is 1. The summed E-state index contributed by atoms with van der Waals surface area (Å²) in [5, 5.41) is 4.23. The van der Waals surface area contributed by atoms with E-state index in [-0.39, 0.29) is 12.4 Å². The molecular formula is C11H16Cl2N2. The average Bonchev–Trinajstić information content (AvgIpc) is 2.23. The molecule has 3 N–H and O–H groups in total. The highest BCUT2D eigenvalue weighted by Crippen LogP contribution is 2.29. The lowest BCUT2D eigenvalue weighted by Crippen LogP contribution is -2.27. The van der Waals surface area contributed by atoms with Crippen LogP contribution in [0.4, 0.5) is 5.69 Å². The maximum atomic E-state index is 5.95. The third-order valence-electron chi connectivity index (χ3n) is 2.73. The number of hydrogen-bond acceptors (Lipinski definition) is 2. The minimum atomic E-state index is 0. The Labute approximate surface area is 102 Å². The van der Waals surface area contributed by atoms with Crippen LogP contribution in [0.2, 0.25) is 5.02 Å². The van der Waals surface area contributed by atoms with Crippen molar-refractivity contribution in [2.24, 2.45) is 0 Å². The Kier molecular flexibility index (Phi) is 4.71. The van der Waals surface area contributed by atoms with Gasteiger partial charge in [0, 0.05) is 16.8 Å². The molecule has 0 bridgehead atoms. The van der Waals surface area contributed by atoms with Crippen LogP contribution in [-0.4, -0.2) is 6.54 Å². The number of halogens is 2. The van der Waals surface area contributed by atoms with E-state index >= 15 is 0 Å². The fourth-order valence-electron chi connectivity index (χ4n) is 1.96. The molecule has 2 nitrogen and oxygen atoms in total. The first-order valence-electron chi connectivity index (χ1n) is 5.05. The number of hydrogen-bond donors (Lipinski definition) is 2. The van der Waals surface area contributed by atoms with Crippen molar-refractivity contribution >= 4 is 29.7 Å². The van der Waals surface area contributed by atoms with Crippen LogP contribution < -0.4 is 11.1 Å². The predicted octanol–water partition coefficient (Wildman–Crippen LogP) is 3.16. The maximum absolute atomic E-state index is 5.95. The highest BCUT2D eigenvalue weighted by molar-refractivity contribution is 6.30. The van der Waals surface area contributed by atoms with Crippen molar-refractivity contribution < 1.29 is 0 Å². The third kappa shape index (κ3) is 3.00. The summed E-state index contributed by atoms with van der Waals surface area (Å²) >= 11 is 5.95. The van der Waals surface area contributed by atoms with Crippen molar-refractivity contribution in [1.29, 1.82) is 0 Å². The zero-order chi connectivity index (χ0) is 9.97. The first kappa shape index (κ1) is 12.6. The van der Waals surface area contributed by atoms with Crippen molar-refractivity contribution in [3.05, 3.63) is 28.8 Å². The Bertz CT molecular complexity index is 322. The first-order valence-corrected chi connectivity index (χ1v) is 5.43. The molecule has 1 aliphatic heterocycles. The third-order valence-corrected chi connectivity index (χ3v) is 2.97. The molecule has 1 aromatic carbocycles. The number of piperidine rings is 1.